The normalized spacial score (nSPS) is 11.1. The van der Waals surface area contributed by atoms with Gasteiger partial charge in [0.05, 0.1) is 11.0 Å². The van der Waals surface area contributed by atoms with Crippen molar-refractivity contribution in [1.82, 2.24) is 4.57 Å². The summed E-state index contributed by atoms with van der Waals surface area (Å²) in [7, 11) is 0. The van der Waals surface area contributed by atoms with Crippen LogP contribution in [0.25, 0.3) is 49.7 Å². The van der Waals surface area contributed by atoms with Gasteiger partial charge >= 0.3 is 0 Å². The molecule has 70 heavy (non-hydrogen) atoms. The molecule has 0 N–H and O–H groups in total. The van der Waals surface area contributed by atoms with Gasteiger partial charge in [0.15, 0.2) is 0 Å². The number of nitrogens with zero attached hydrogens (tertiary/aromatic N) is 4. The van der Waals surface area contributed by atoms with Crippen molar-refractivity contribution in [1.29, 1.82) is 0 Å². The van der Waals surface area contributed by atoms with Crippen LogP contribution >= 0.6 is 0 Å². The van der Waals surface area contributed by atoms with Crippen LogP contribution in [-0.2, 0) is 0 Å². The number of hydrogen-bond acceptors (Lipinski definition) is 3. The zero-order chi connectivity index (χ0) is 46.6. The second-order valence-corrected chi connectivity index (χ2v) is 17.4. The predicted molar refractivity (Wildman–Crippen MR) is 296 cm³/mol. The van der Waals surface area contributed by atoms with Gasteiger partial charge in [0.1, 0.15) is 0 Å². The fourth-order valence-corrected chi connectivity index (χ4v) is 9.82. The molecule has 0 bridgehead atoms. The molecule has 0 aliphatic carbocycles. The average molecular weight is 897 g/mol. The Morgan fingerprint density at radius 3 is 0.700 bits per heavy atom. The second kappa shape index (κ2) is 18.7. The molecule has 1 aromatic heterocycles. The SMILES string of the molecule is c1ccc(N(c2ccccc2)c2ccc(-c3ccc4c(c3)c3cc(-c5ccc(N(c6ccccc6)c6ccccc6)cc5)ccc3n4-c3ccc(N(c4ccccc4)c4ccccc4)cc3)cc2)cc1. The largest absolute Gasteiger partial charge is 0.311 e. The van der Waals surface area contributed by atoms with Gasteiger partial charge in [0.25, 0.3) is 0 Å². The lowest BCUT2D eigenvalue weighted by Crippen LogP contribution is -2.09. The highest BCUT2D eigenvalue weighted by molar-refractivity contribution is 6.11. The minimum absolute atomic E-state index is 1.09. The maximum atomic E-state index is 2.42. The van der Waals surface area contributed by atoms with E-state index >= 15 is 0 Å². The van der Waals surface area contributed by atoms with E-state index in [1.807, 2.05) is 0 Å². The molecule has 0 saturated heterocycles. The van der Waals surface area contributed by atoms with Gasteiger partial charge in [-0.1, -0.05) is 146 Å². The molecule has 4 nitrogen and oxygen atoms in total. The molecular formula is C66H48N4. The van der Waals surface area contributed by atoms with E-state index in [9.17, 15) is 0 Å². The van der Waals surface area contributed by atoms with E-state index in [4.69, 9.17) is 0 Å². The van der Waals surface area contributed by atoms with Crippen molar-refractivity contribution >= 4 is 73.0 Å². The first-order chi connectivity index (χ1) is 34.7. The first-order valence-corrected chi connectivity index (χ1v) is 23.8. The van der Waals surface area contributed by atoms with E-state index in [2.05, 4.69) is 310 Å². The summed E-state index contributed by atoms with van der Waals surface area (Å²) in [5.74, 6) is 0. The molecule has 11 aromatic carbocycles. The van der Waals surface area contributed by atoms with Crippen LogP contribution in [0.5, 0.6) is 0 Å². The van der Waals surface area contributed by atoms with Crippen molar-refractivity contribution in [2.24, 2.45) is 0 Å². The Balaban J connectivity index is 0.959. The van der Waals surface area contributed by atoms with Crippen LogP contribution in [-0.4, -0.2) is 4.57 Å². The Hall–Kier alpha value is -9.38. The van der Waals surface area contributed by atoms with E-state index in [1.165, 1.54) is 10.8 Å². The van der Waals surface area contributed by atoms with E-state index in [0.29, 0.717) is 0 Å². The maximum Gasteiger partial charge on any atom is 0.0541 e. The average Bonchev–Trinajstić information content (AvgIpc) is 3.76. The Labute approximate surface area is 409 Å². The summed E-state index contributed by atoms with van der Waals surface area (Å²) in [5.41, 5.74) is 18.0. The van der Waals surface area contributed by atoms with E-state index < -0.39 is 0 Å². The summed E-state index contributed by atoms with van der Waals surface area (Å²) in [6.45, 7) is 0. The van der Waals surface area contributed by atoms with Gasteiger partial charge in [-0.05, 0) is 168 Å². The van der Waals surface area contributed by atoms with Gasteiger partial charge in [-0.25, -0.2) is 0 Å². The topological polar surface area (TPSA) is 14.7 Å². The molecule has 0 spiro atoms. The summed E-state index contributed by atoms with van der Waals surface area (Å²) in [6.07, 6.45) is 0. The highest BCUT2D eigenvalue weighted by atomic mass is 15.2. The van der Waals surface area contributed by atoms with Gasteiger partial charge in [0.2, 0.25) is 0 Å². The Kier molecular flexibility index (Phi) is 11.2. The van der Waals surface area contributed by atoms with Gasteiger partial charge in [0, 0.05) is 67.6 Å². The van der Waals surface area contributed by atoms with Crippen molar-refractivity contribution in [3.8, 4) is 27.9 Å². The molecule has 4 heteroatoms. The predicted octanol–water partition coefficient (Wildman–Crippen LogP) is 18.5. The molecule has 0 aliphatic rings. The molecule has 0 unspecified atom stereocenters. The van der Waals surface area contributed by atoms with Crippen molar-refractivity contribution in [2.75, 3.05) is 14.7 Å². The first-order valence-electron chi connectivity index (χ1n) is 23.8. The highest BCUT2D eigenvalue weighted by Gasteiger charge is 2.19. The van der Waals surface area contributed by atoms with Crippen LogP contribution < -0.4 is 14.7 Å². The number of fused-ring (bicyclic) bond motifs is 3. The summed E-state index contributed by atoms with van der Waals surface area (Å²) in [5, 5.41) is 2.40. The van der Waals surface area contributed by atoms with Gasteiger partial charge < -0.3 is 19.3 Å². The molecule has 0 amide bonds. The third-order valence-electron chi connectivity index (χ3n) is 13.1. The Bertz CT molecular complexity index is 3350. The number of hydrogen-bond donors (Lipinski definition) is 0. The molecule has 12 rings (SSSR count). The second-order valence-electron chi connectivity index (χ2n) is 17.4. The Morgan fingerprint density at radius 2 is 0.429 bits per heavy atom. The van der Waals surface area contributed by atoms with Crippen LogP contribution in [0, 0.1) is 0 Å². The highest BCUT2D eigenvalue weighted by Crippen LogP contribution is 2.42. The minimum Gasteiger partial charge on any atom is -0.311 e. The van der Waals surface area contributed by atoms with E-state index in [-0.39, 0.29) is 0 Å². The fourth-order valence-electron chi connectivity index (χ4n) is 9.82. The quantitative estimate of drug-likeness (QED) is 0.121. The molecule has 0 atom stereocenters. The number of aromatic nitrogens is 1. The molecule has 0 aliphatic heterocycles. The Morgan fingerprint density at radius 1 is 0.200 bits per heavy atom. The third kappa shape index (κ3) is 8.14. The summed E-state index contributed by atoms with van der Waals surface area (Å²) in [6, 6.07) is 104. The van der Waals surface area contributed by atoms with Crippen LogP contribution in [0.2, 0.25) is 0 Å². The lowest BCUT2D eigenvalue weighted by atomic mass is 9.99. The van der Waals surface area contributed by atoms with Gasteiger partial charge in [-0.3, -0.25) is 0 Å². The smallest absolute Gasteiger partial charge is 0.0541 e. The summed E-state index contributed by atoms with van der Waals surface area (Å²) in [4.78, 5) is 6.92. The number of benzene rings is 11. The zero-order valence-corrected chi connectivity index (χ0v) is 38.5. The lowest BCUT2D eigenvalue weighted by Gasteiger charge is -2.25. The standard InChI is InChI=1S/C66H48N4/c1-7-19-53(20-8-1)67(54-21-9-2-10-22-54)59-37-31-49(32-38-59)51-35-45-65-63(47-51)64-48-52(50-33-39-60(40-34-50)68(55-23-11-3-12-24-55)56-25-13-4-14-26-56)36-46-66(64)70(65)62-43-41-61(42-44-62)69(57-27-15-5-16-28-57)58-29-17-6-18-30-58/h1-48H. The molecule has 0 radical (unpaired) electrons. The van der Waals surface area contributed by atoms with Crippen molar-refractivity contribution in [3.63, 3.8) is 0 Å². The molecular weight excluding hydrogens is 849 g/mol. The van der Waals surface area contributed by atoms with Crippen molar-refractivity contribution in [2.45, 2.75) is 0 Å². The number of anilines is 9. The van der Waals surface area contributed by atoms with Crippen LogP contribution in [0.15, 0.2) is 291 Å². The number of para-hydroxylation sites is 6. The molecule has 12 aromatic rings. The summed E-state index contributed by atoms with van der Waals surface area (Å²) >= 11 is 0. The van der Waals surface area contributed by atoms with Crippen molar-refractivity contribution in [3.05, 3.63) is 291 Å². The zero-order valence-electron chi connectivity index (χ0n) is 38.5. The van der Waals surface area contributed by atoms with Crippen LogP contribution in [0.4, 0.5) is 51.2 Å². The lowest BCUT2D eigenvalue weighted by molar-refractivity contribution is 1.17. The van der Waals surface area contributed by atoms with Crippen molar-refractivity contribution < 1.29 is 0 Å². The molecule has 0 fully saturated rings. The van der Waals surface area contributed by atoms with Crippen LogP contribution in [0.1, 0.15) is 0 Å². The maximum absolute atomic E-state index is 2.42. The minimum atomic E-state index is 1.09. The van der Waals surface area contributed by atoms with E-state index in [1.54, 1.807) is 0 Å². The molecule has 1 heterocycles. The first kappa shape index (κ1) is 42.0. The molecule has 0 saturated carbocycles. The molecule has 332 valence electrons. The van der Waals surface area contributed by atoms with Gasteiger partial charge in [-0.15, -0.1) is 0 Å². The van der Waals surface area contributed by atoms with Gasteiger partial charge in [-0.2, -0.15) is 0 Å². The van der Waals surface area contributed by atoms with Crippen LogP contribution in [0.3, 0.4) is 0 Å². The monoisotopic (exact) mass is 896 g/mol. The third-order valence-corrected chi connectivity index (χ3v) is 13.1. The van der Waals surface area contributed by atoms with E-state index in [0.717, 1.165) is 90.2 Å². The number of rotatable bonds is 12. The fraction of sp³-hybridized carbons (Fsp3) is 0. The summed E-state index contributed by atoms with van der Waals surface area (Å²) < 4.78 is 2.42.